The number of rotatable bonds is 5. The predicted octanol–water partition coefficient (Wildman–Crippen LogP) is 2.74. The average molecular weight is 258 g/mol. The third kappa shape index (κ3) is 4.75. The largest absolute Gasteiger partial charge is 0.465 e. The van der Waals surface area contributed by atoms with E-state index in [-0.39, 0.29) is 18.4 Å². The van der Waals surface area contributed by atoms with Crippen LogP contribution in [-0.2, 0) is 11.3 Å². The van der Waals surface area contributed by atoms with Crippen molar-refractivity contribution in [2.75, 3.05) is 20.2 Å². The lowest BCUT2D eigenvalue weighted by atomic mass is 10.1. The Labute approximate surface area is 109 Å². The van der Waals surface area contributed by atoms with Gasteiger partial charge >= 0.3 is 5.97 Å². The van der Waals surface area contributed by atoms with Crippen LogP contribution in [0.1, 0.15) is 29.8 Å². The molecule has 0 aliphatic rings. The highest BCUT2D eigenvalue weighted by atomic mass is 35.5. The van der Waals surface area contributed by atoms with E-state index in [1.807, 2.05) is 18.2 Å². The molecule has 0 unspecified atom stereocenters. The maximum atomic E-state index is 11.4. The number of hydrogen-bond donors (Lipinski definition) is 0. The summed E-state index contributed by atoms with van der Waals surface area (Å²) < 4.78 is 4.70. The van der Waals surface area contributed by atoms with Gasteiger partial charge in [-0.25, -0.2) is 4.79 Å². The summed E-state index contributed by atoms with van der Waals surface area (Å²) in [5.41, 5.74) is 1.76. The quantitative estimate of drug-likeness (QED) is 0.760. The number of hydrogen-bond acceptors (Lipinski definition) is 3. The van der Waals surface area contributed by atoms with Crippen LogP contribution in [-0.4, -0.2) is 31.1 Å². The maximum Gasteiger partial charge on any atom is 0.337 e. The normalized spacial score (nSPS) is 9.88. The van der Waals surface area contributed by atoms with Gasteiger partial charge in [0.15, 0.2) is 0 Å². The molecule has 4 heteroatoms. The molecule has 0 heterocycles. The summed E-state index contributed by atoms with van der Waals surface area (Å²) in [7, 11) is 1.40. The van der Waals surface area contributed by atoms with Crippen LogP contribution < -0.4 is 0 Å². The van der Waals surface area contributed by atoms with E-state index in [1.165, 1.54) is 7.11 Å². The molecule has 0 radical (unpaired) electrons. The number of methoxy groups -OCH3 is 1. The number of carbonyl (C=O) groups excluding carboxylic acids is 1. The van der Waals surface area contributed by atoms with Crippen molar-refractivity contribution < 1.29 is 9.53 Å². The summed E-state index contributed by atoms with van der Waals surface area (Å²) in [6.45, 7) is 7.16. The zero-order chi connectivity index (χ0) is 12.0. The minimum absolute atomic E-state index is 0. The Morgan fingerprint density at radius 3 is 2.47 bits per heavy atom. The summed E-state index contributed by atoms with van der Waals surface area (Å²) in [6, 6.07) is 7.59. The summed E-state index contributed by atoms with van der Waals surface area (Å²) in [6.07, 6.45) is 0. The van der Waals surface area contributed by atoms with E-state index in [0.717, 1.165) is 25.2 Å². The fourth-order valence-electron chi connectivity index (χ4n) is 1.62. The van der Waals surface area contributed by atoms with Gasteiger partial charge in [0.05, 0.1) is 12.7 Å². The molecule has 0 fully saturated rings. The molecule has 0 amide bonds. The lowest BCUT2D eigenvalue weighted by molar-refractivity contribution is 0.0600. The average Bonchev–Trinajstić information content (AvgIpc) is 2.35. The lowest BCUT2D eigenvalue weighted by Gasteiger charge is -2.18. The molecule has 0 spiro atoms. The monoisotopic (exact) mass is 257 g/mol. The summed E-state index contributed by atoms with van der Waals surface area (Å²) >= 11 is 0. The number of ether oxygens (including phenoxy) is 1. The highest BCUT2D eigenvalue weighted by Gasteiger charge is 2.07. The first-order chi connectivity index (χ1) is 7.71. The van der Waals surface area contributed by atoms with Crippen molar-refractivity contribution in [1.82, 2.24) is 4.90 Å². The number of halogens is 1. The third-order valence-corrected chi connectivity index (χ3v) is 2.65. The molecule has 0 saturated heterocycles. The van der Waals surface area contributed by atoms with Gasteiger partial charge in [-0.05, 0) is 30.8 Å². The third-order valence-electron chi connectivity index (χ3n) is 2.65. The van der Waals surface area contributed by atoms with Crippen molar-refractivity contribution in [3.63, 3.8) is 0 Å². The van der Waals surface area contributed by atoms with Crippen LogP contribution in [0, 0.1) is 0 Å². The topological polar surface area (TPSA) is 29.5 Å². The van der Waals surface area contributed by atoms with E-state index in [1.54, 1.807) is 6.07 Å². The molecule has 1 aromatic carbocycles. The molecule has 0 saturated carbocycles. The highest BCUT2D eigenvalue weighted by Crippen LogP contribution is 2.09. The van der Waals surface area contributed by atoms with Crippen LogP contribution in [0.4, 0.5) is 0 Å². The molecule has 3 nitrogen and oxygen atoms in total. The van der Waals surface area contributed by atoms with Crippen molar-refractivity contribution in [1.29, 1.82) is 0 Å². The second-order valence-corrected chi connectivity index (χ2v) is 3.65. The maximum absolute atomic E-state index is 11.4. The van der Waals surface area contributed by atoms with Crippen molar-refractivity contribution >= 4 is 18.4 Å². The Kier molecular flexibility index (Phi) is 7.59. The van der Waals surface area contributed by atoms with Crippen LogP contribution in [0.3, 0.4) is 0 Å². The molecule has 0 N–H and O–H groups in total. The van der Waals surface area contributed by atoms with Crippen LogP contribution in [0.25, 0.3) is 0 Å². The smallest absolute Gasteiger partial charge is 0.337 e. The molecular weight excluding hydrogens is 238 g/mol. The second-order valence-electron chi connectivity index (χ2n) is 3.65. The molecule has 96 valence electrons. The van der Waals surface area contributed by atoms with Gasteiger partial charge in [0.1, 0.15) is 0 Å². The molecule has 1 rings (SSSR count). The summed E-state index contributed by atoms with van der Waals surface area (Å²) in [5, 5.41) is 0. The van der Waals surface area contributed by atoms with Crippen LogP contribution in [0.5, 0.6) is 0 Å². The Balaban J connectivity index is 0.00000256. The van der Waals surface area contributed by atoms with E-state index in [4.69, 9.17) is 4.74 Å². The van der Waals surface area contributed by atoms with Gasteiger partial charge < -0.3 is 4.74 Å². The number of esters is 1. The summed E-state index contributed by atoms with van der Waals surface area (Å²) in [4.78, 5) is 13.7. The highest BCUT2D eigenvalue weighted by molar-refractivity contribution is 5.89. The molecule has 0 aliphatic carbocycles. The van der Waals surface area contributed by atoms with Gasteiger partial charge in [0, 0.05) is 6.54 Å². The Morgan fingerprint density at radius 1 is 1.29 bits per heavy atom. The van der Waals surface area contributed by atoms with Crippen LogP contribution >= 0.6 is 12.4 Å². The van der Waals surface area contributed by atoms with Crippen molar-refractivity contribution in [3.8, 4) is 0 Å². The number of nitrogens with zero attached hydrogens (tertiary/aromatic N) is 1. The number of carbonyl (C=O) groups is 1. The Hall–Kier alpha value is -1.06. The van der Waals surface area contributed by atoms with Gasteiger partial charge in [-0.15, -0.1) is 12.4 Å². The zero-order valence-corrected chi connectivity index (χ0v) is 11.4. The van der Waals surface area contributed by atoms with Gasteiger partial charge in [0.25, 0.3) is 0 Å². The van der Waals surface area contributed by atoms with E-state index < -0.39 is 0 Å². The van der Waals surface area contributed by atoms with E-state index in [9.17, 15) is 4.79 Å². The minimum atomic E-state index is -0.276. The van der Waals surface area contributed by atoms with Crippen LogP contribution in [0.2, 0.25) is 0 Å². The van der Waals surface area contributed by atoms with Crippen molar-refractivity contribution in [2.45, 2.75) is 20.4 Å². The van der Waals surface area contributed by atoms with Crippen molar-refractivity contribution in [3.05, 3.63) is 35.4 Å². The van der Waals surface area contributed by atoms with Crippen LogP contribution in [0.15, 0.2) is 24.3 Å². The Morgan fingerprint density at radius 2 is 1.94 bits per heavy atom. The van der Waals surface area contributed by atoms with Gasteiger partial charge in [-0.2, -0.15) is 0 Å². The minimum Gasteiger partial charge on any atom is -0.465 e. The first-order valence-corrected chi connectivity index (χ1v) is 5.60. The van der Waals surface area contributed by atoms with Gasteiger partial charge in [-0.3, -0.25) is 4.90 Å². The van der Waals surface area contributed by atoms with Gasteiger partial charge in [-0.1, -0.05) is 26.0 Å². The first-order valence-electron chi connectivity index (χ1n) is 5.60. The molecular formula is C13H20ClNO2. The van der Waals surface area contributed by atoms with E-state index in [2.05, 4.69) is 18.7 Å². The Bertz CT molecular complexity index is 351. The van der Waals surface area contributed by atoms with Crippen molar-refractivity contribution in [2.24, 2.45) is 0 Å². The molecule has 0 bridgehead atoms. The lowest BCUT2D eigenvalue weighted by Crippen LogP contribution is -2.22. The van der Waals surface area contributed by atoms with Gasteiger partial charge in [0.2, 0.25) is 0 Å². The zero-order valence-electron chi connectivity index (χ0n) is 10.6. The fourth-order valence-corrected chi connectivity index (χ4v) is 1.62. The SMILES string of the molecule is CCN(CC)Cc1cccc(C(=O)OC)c1.Cl. The van der Waals surface area contributed by atoms with E-state index >= 15 is 0 Å². The standard InChI is InChI=1S/C13H19NO2.ClH/c1-4-14(5-2)10-11-7-6-8-12(9-11)13(15)16-3;/h6-9H,4-5,10H2,1-3H3;1H. The molecule has 0 aromatic heterocycles. The molecule has 0 aliphatic heterocycles. The summed E-state index contributed by atoms with van der Waals surface area (Å²) in [5.74, 6) is -0.276. The second kappa shape index (κ2) is 8.09. The number of benzene rings is 1. The first kappa shape index (κ1) is 15.9. The molecule has 17 heavy (non-hydrogen) atoms. The molecule has 0 atom stereocenters. The fraction of sp³-hybridized carbons (Fsp3) is 0.462. The molecule has 1 aromatic rings. The predicted molar refractivity (Wildman–Crippen MR) is 71.7 cm³/mol. The van der Waals surface area contributed by atoms with E-state index in [0.29, 0.717) is 5.56 Å².